The molecule has 8 N–H and O–H groups in total. The molecule has 544 valence electrons. The molecule has 11 rings (SSSR count). The van der Waals surface area contributed by atoms with Crippen LogP contribution >= 0.6 is 11.6 Å². The predicted molar refractivity (Wildman–Crippen MR) is 394 cm³/mol. The van der Waals surface area contributed by atoms with E-state index in [2.05, 4.69) is 18.9 Å². The van der Waals surface area contributed by atoms with Gasteiger partial charge in [-0.05, 0) is 199 Å². The second-order valence-electron chi connectivity index (χ2n) is 23.8. The normalized spacial score (nSPS) is 13.4. The Balaban J connectivity index is 0.000000171. The third-order valence-corrected chi connectivity index (χ3v) is 19.4. The average molecular weight is 1490 g/mol. The average Bonchev–Trinajstić information content (AvgIpc) is 1.79. The molecule has 4 unspecified atom stereocenters. The first-order valence-corrected chi connectivity index (χ1v) is 36.3. The number of ether oxygens (including phenoxy) is 8. The number of aryl methyl sites for hydroxylation is 12. The Labute approximate surface area is 604 Å². The Morgan fingerprint density at radius 2 is 0.802 bits per heavy atom. The second-order valence-corrected chi connectivity index (χ2v) is 27.6. The molecule has 0 spiro atoms. The zero-order valence-electron chi connectivity index (χ0n) is 59.0. The van der Waals surface area contributed by atoms with Crippen LogP contribution in [0, 0.1) is 69.2 Å². The zero-order valence-corrected chi connectivity index (χ0v) is 63.0. The number of aromatic hydroxyl groups is 4. The molecule has 0 amide bonds. The van der Waals surface area contributed by atoms with E-state index in [1.54, 1.807) is 43.3 Å². The third kappa shape index (κ3) is 18.8. The summed E-state index contributed by atoms with van der Waals surface area (Å²) in [5, 5.41) is 41.3. The van der Waals surface area contributed by atoms with Crippen molar-refractivity contribution in [2.45, 2.75) is 114 Å². The molecule has 0 saturated carbocycles. The highest BCUT2D eigenvalue weighted by molar-refractivity contribution is 7.82. The standard InChI is InChI=1S/C20H25NO3S.C19H23NO6S.C17H19NO5S.C16H18ClNO6S/c1-12-9-14(3)20(15(4)10-12)24-25(23)21-18-17-8-6-5-7-16(17)11-13(2)19(18)22;1-11-8-12-6-5-7-14(12)17(18(11)21)20-27(22)26-19-15(24-3)9-13(23-2)10-16(19)25-4;1-9-5-11(3)16(12(4)6-9)23-24(20)18-14-15(19)10(2)7-13-17(14)22-8-21-13;1-9-5-6-11(12(7-9)21-2)24-25(20)18-14-15(19)10(17)8-13(22-3)16(14)23-4/h9-11,21-22H,5-8H2,1-4H3;8-10,20-21H,5-7H2,1-4H3;5-7,18-19H,8H2,1-4H3;5-8,18-19H,1-4H3. The van der Waals surface area contributed by atoms with Crippen molar-refractivity contribution in [2.75, 3.05) is 68.3 Å². The molecule has 3 aliphatic rings. The van der Waals surface area contributed by atoms with Crippen LogP contribution in [-0.4, -0.2) is 86.7 Å². The monoisotopic (exact) mass is 1490 g/mol. The second kappa shape index (κ2) is 34.8. The van der Waals surface area contributed by atoms with Crippen LogP contribution in [0.2, 0.25) is 5.02 Å². The molecule has 29 heteroatoms. The molecule has 8 aromatic rings. The number of phenols is 4. The van der Waals surface area contributed by atoms with Gasteiger partial charge in [0.2, 0.25) is 12.5 Å². The molecular formula is C72H85ClN4O20S4. The Hall–Kier alpha value is -9.35. The Morgan fingerprint density at radius 3 is 1.30 bits per heavy atom. The van der Waals surface area contributed by atoms with E-state index in [0.717, 1.165) is 112 Å². The van der Waals surface area contributed by atoms with E-state index in [9.17, 15) is 37.3 Å². The largest absolute Gasteiger partial charge is 0.505 e. The molecule has 4 atom stereocenters. The molecule has 24 nitrogen and oxygen atoms in total. The quantitative estimate of drug-likeness (QED) is 0.0292. The number of methoxy groups -OCH3 is 6. The van der Waals surface area contributed by atoms with Gasteiger partial charge in [0.05, 0.1) is 59.1 Å². The maximum atomic E-state index is 12.7. The van der Waals surface area contributed by atoms with Gasteiger partial charge >= 0.3 is 45.1 Å². The van der Waals surface area contributed by atoms with Crippen molar-refractivity contribution in [1.82, 2.24) is 0 Å². The van der Waals surface area contributed by atoms with Crippen LogP contribution in [0.4, 0.5) is 22.7 Å². The zero-order chi connectivity index (χ0) is 73.7. The Kier molecular flexibility index (Phi) is 26.7. The van der Waals surface area contributed by atoms with Crippen LogP contribution in [-0.2, 0) is 70.7 Å². The van der Waals surface area contributed by atoms with Gasteiger partial charge in [0.15, 0.2) is 51.7 Å². The lowest BCUT2D eigenvalue weighted by atomic mass is 9.89. The molecule has 0 radical (unpaired) electrons. The van der Waals surface area contributed by atoms with Crippen molar-refractivity contribution in [3.63, 3.8) is 0 Å². The summed E-state index contributed by atoms with van der Waals surface area (Å²) in [7, 11) is 8.74. The number of benzene rings is 8. The number of nitrogens with one attached hydrogen (secondary N) is 4. The summed E-state index contributed by atoms with van der Waals surface area (Å²) < 4.78 is 125. The number of hydrogen-bond donors (Lipinski definition) is 8. The van der Waals surface area contributed by atoms with E-state index in [-0.39, 0.29) is 69.2 Å². The van der Waals surface area contributed by atoms with E-state index in [4.69, 9.17) is 66.2 Å². The number of anilines is 4. The maximum Gasteiger partial charge on any atom is 0.316 e. The first-order chi connectivity index (χ1) is 48.1. The highest BCUT2D eigenvalue weighted by Gasteiger charge is 2.28. The van der Waals surface area contributed by atoms with Gasteiger partial charge in [-0.15, -0.1) is 0 Å². The van der Waals surface area contributed by atoms with Crippen LogP contribution in [0.25, 0.3) is 0 Å². The van der Waals surface area contributed by atoms with Gasteiger partial charge in [-0.1, -0.05) is 65.2 Å². The number of halogens is 1. The molecule has 0 bridgehead atoms. The molecule has 101 heavy (non-hydrogen) atoms. The van der Waals surface area contributed by atoms with Crippen molar-refractivity contribution in [1.29, 1.82) is 0 Å². The predicted octanol–water partition coefficient (Wildman–Crippen LogP) is 14.7. The van der Waals surface area contributed by atoms with E-state index in [1.807, 2.05) is 98.7 Å². The number of rotatable bonds is 22. The fourth-order valence-corrected chi connectivity index (χ4v) is 15.0. The molecule has 0 saturated heterocycles. The summed E-state index contributed by atoms with van der Waals surface area (Å²) in [6.45, 7) is 19.0. The summed E-state index contributed by atoms with van der Waals surface area (Å²) in [6, 6.07) is 23.4. The number of fused-ring (bicyclic) bond motifs is 3. The molecule has 1 aliphatic heterocycles. The number of hydrogen-bond acceptors (Lipinski definition) is 20. The SMILES string of the molecule is COc1cc(C)ccc1OS(=O)Nc1c(O)c(Cl)cc(OC)c1OC.COc1cc(OC)c(OS(=O)Nc2c(O)c(C)cc3c2CCC3)c(OC)c1.Cc1cc(C)c(OS(=O)Nc2c(O)c(C)cc3c2CCCC3)c(C)c1.Cc1cc(C)c(OS(=O)Nc2c(O)c(C)cc3c2OCO3)c(C)c1. The fourth-order valence-electron chi connectivity index (χ4n) is 11.7. The lowest BCUT2D eigenvalue weighted by molar-refractivity contribution is 0.174. The van der Waals surface area contributed by atoms with Crippen LogP contribution in [0.15, 0.2) is 78.9 Å². The minimum atomic E-state index is -2.07. The third-order valence-electron chi connectivity index (χ3n) is 16.4. The van der Waals surface area contributed by atoms with Crippen molar-refractivity contribution < 1.29 is 91.9 Å². The smallest absolute Gasteiger partial charge is 0.316 e. The van der Waals surface area contributed by atoms with Crippen LogP contribution in [0.5, 0.6) is 92.0 Å². The van der Waals surface area contributed by atoms with Crippen molar-refractivity contribution >= 4 is 79.4 Å². The Morgan fingerprint density at radius 1 is 0.376 bits per heavy atom. The maximum absolute atomic E-state index is 12.7. The highest BCUT2D eigenvalue weighted by atomic mass is 35.5. The molecule has 0 aromatic heterocycles. The van der Waals surface area contributed by atoms with Gasteiger partial charge < -0.3 is 75.1 Å². The summed E-state index contributed by atoms with van der Waals surface area (Å²) in [6.07, 6.45) is 6.86. The first-order valence-electron chi connectivity index (χ1n) is 31.6. The van der Waals surface area contributed by atoms with E-state index < -0.39 is 45.1 Å². The fraction of sp³-hybridized carbons (Fsp3) is 0.333. The molecule has 0 fully saturated rings. The summed E-state index contributed by atoms with van der Waals surface area (Å²) in [5.74, 6) is 4.28. The highest BCUT2D eigenvalue weighted by Crippen LogP contribution is 2.49. The van der Waals surface area contributed by atoms with E-state index in [1.165, 1.54) is 54.3 Å². The number of phenolic OH excluding ortho intramolecular Hbond substituents is 4. The molecular weight excluding hydrogens is 1400 g/mol. The van der Waals surface area contributed by atoms with Crippen LogP contribution in [0.1, 0.15) is 97.2 Å². The van der Waals surface area contributed by atoms with Crippen molar-refractivity contribution in [2.24, 2.45) is 0 Å². The van der Waals surface area contributed by atoms with Gasteiger partial charge in [-0.3, -0.25) is 18.9 Å². The molecule has 2 aliphatic carbocycles. The molecule has 1 heterocycles. The lowest BCUT2D eigenvalue weighted by Crippen LogP contribution is -2.16. The van der Waals surface area contributed by atoms with Crippen molar-refractivity contribution in [3.05, 3.63) is 162 Å². The van der Waals surface area contributed by atoms with Crippen molar-refractivity contribution in [3.8, 4) is 92.0 Å². The first kappa shape index (κ1) is 77.4. The Bertz CT molecular complexity index is 4410. The van der Waals surface area contributed by atoms with Gasteiger partial charge in [-0.25, -0.2) is 0 Å². The van der Waals surface area contributed by atoms with Gasteiger partial charge in [-0.2, -0.15) is 16.8 Å². The summed E-state index contributed by atoms with van der Waals surface area (Å²) >= 11 is -1.77. The minimum absolute atomic E-state index is 0.00469. The summed E-state index contributed by atoms with van der Waals surface area (Å²) in [4.78, 5) is 0. The minimum Gasteiger partial charge on any atom is -0.505 e. The topological polar surface area (TPSA) is 308 Å². The molecule has 8 aromatic carbocycles. The van der Waals surface area contributed by atoms with E-state index in [0.29, 0.717) is 62.9 Å². The lowest BCUT2D eigenvalue weighted by Gasteiger charge is -2.22. The van der Waals surface area contributed by atoms with E-state index >= 15 is 0 Å². The van der Waals surface area contributed by atoms with Crippen LogP contribution < -0.4 is 73.5 Å². The van der Waals surface area contributed by atoms with Gasteiger partial charge in [0, 0.05) is 18.2 Å². The van der Waals surface area contributed by atoms with Crippen LogP contribution in [0.3, 0.4) is 0 Å². The summed E-state index contributed by atoms with van der Waals surface area (Å²) in [5.41, 5.74) is 14.6. The van der Waals surface area contributed by atoms with Gasteiger partial charge in [0.25, 0.3) is 0 Å². The van der Waals surface area contributed by atoms with Gasteiger partial charge in [0.1, 0.15) is 45.9 Å².